The minimum absolute atomic E-state index is 0.0402. The summed E-state index contributed by atoms with van der Waals surface area (Å²) >= 11 is 0. The maximum absolute atomic E-state index is 12.6. The molecule has 168 valence electrons. The number of hydrazone groups is 1. The Bertz CT molecular complexity index is 852. The molecule has 1 saturated carbocycles. The van der Waals surface area contributed by atoms with Gasteiger partial charge in [-0.1, -0.05) is 38.5 Å². The molecule has 1 heterocycles. The number of ether oxygens (including phenoxy) is 2. The van der Waals surface area contributed by atoms with E-state index < -0.39 is 15.8 Å². The molecule has 3 rings (SSSR count). The number of nitrogens with one attached hydrogen (secondary N) is 1. The van der Waals surface area contributed by atoms with Crippen LogP contribution in [0.15, 0.2) is 34.3 Å². The summed E-state index contributed by atoms with van der Waals surface area (Å²) in [5, 5.41) is 4.39. The Balaban J connectivity index is 1.67. The molecular weight excluding hydrogens is 400 g/mol. The van der Waals surface area contributed by atoms with Crippen molar-refractivity contribution in [1.29, 1.82) is 0 Å². The van der Waals surface area contributed by atoms with Gasteiger partial charge < -0.3 is 9.47 Å². The fourth-order valence-corrected chi connectivity index (χ4v) is 4.98. The van der Waals surface area contributed by atoms with E-state index in [1.165, 1.54) is 0 Å². The van der Waals surface area contributed by atoms with E-state index in [-0.39, 0.29) is 16.2 Å². The van der Waals surface area contributed by atoms with Gasteiger partial charge in [0.2, 0.25) is 0 Å². The summed E-state index contributed by atoms with van der Waals surface area (Å²) in [4.78, 5) is 2.70. The van der Waals surface area contributed by atoms with Crippen LogP contribution in [0.1, 0.15) is 65.4 Å². The van der Waals surface area contributed by atoms with E-state index >= 15 is 0 Å². The van der Waals surface area contributed by atoms with Crippen LogP contribution in [-0.4, -0.2) is 33.1 Å². The van der Waals surface area contributed by atoms with E-state index in [0.29, 0.717) is 19.1 Å². The topological polar surface area (TPSA) is 77.0 Å². The molecule has 0 amide bonds. The van der Waals surface area contributed by atoms with Gasteiger partial charge in [-0.15, -0.1) is 0 Å². The van der Waals surface area contributed by atoms with Crippen molar-refractivity contribution in [1.82, 2.24) is 4.83 Å². The lowest BCUT2D eigenvalue weighted by Crippen LogP contribution is -2.46. The van der Waals surface area contributed by atoms with Crippen molar-refractivity contribution < 1.29 is 17.9 Å². The fraction of sp³-hybridized carbons (Fsp3) is 0.696. The zero-order chi connectivity index (χ0) is 22.0. The molecule has 2 atom stereocenters. The third-order valence-corrected chi connectivity index (χ3v) is 7.52. The van der Waals surface area contributed by atoms with Crippen LogP contribution in [-0.2, 0) is 19.5 Å². The van der Waals surface area contributed by atoms with Crippen LogP contribution in [0.4, 0.5) is 0 Å². The van der Waals surface area contributed by atoms with Crippen LogP contribution in [0, 0.1) is 24.2 Å². The van der Waals surface area contributed by atoms with Gasteiger partial charge >= 0.3 is 0 Å². The van der Waals surface area contributed by atoms with Gasteiger partial charge in [0.1, 0.15) is 0 Å². The summed E-state index contributed by atoms with van der Waals surface area (Å²) in [5.74, 6) is 0.0857. The number of benzene rings is 1. The molecule has 6 nitrogen and oxygen atoms in total. The molecule has 0 bridgehead atoms. The third kappa shape index (κ3) is 5.83. The van der Waals surface area contributed by atoms with Crippen molar-refractivity contribution >= 4 is 15.7 Å². The average molecular weight is 437 g/mol. The Morgan fingerprint density at radius 2 is 1.77 bits per heavy atom. The summed E-state index contributed by atoms with van der Waals surface area (Å²) < 4.78 is 37.4. The molecule has 0 spiro atoms. The molecule has 0 aromatic heterocycles. The van der Waals surface area contributed by atoms with Crippen molar-refractivity contribution in [2.45, 2.75) is 77.4 Å². The number of aryl methyl sites for hydroxylation is 1. The molecule has 30 heavy (non-hydrogen) atoms. The van der Waals surface area contributed by atoms with Crippen LogP contribution < -0.4 is 4.83 Å². The third-order valence-electron chi connectivity index (χ3n) is 6.29. The number of rotatable bonds is 6. The quantitative estimate of drug-likeness (QED) is 0.659. The van der Waals surface area contributed by atoms with Crippen LogP contribution in [0.25, 0.3) is 0 Å². The van der Waals surface area contributed by atoms with E-state index in [0.717, 1.165) is 43.4 Å². The average Bonchev–Trinajstić information content (AvgIpc) is 2.69. The first-order chi connectivity index (χ1) is 14.0. The lowest BCUT2D eigenvalue weighted by atomic mass is 9.76. The van der Waals surface area contributed by atoms with E-state index in [2.05, 4.69) is 30.7 Å². The van der Waals surface area contributed by atoms with Gasteiger partial charge in [0, 0.05) is 23.5 Å². The Morgan fingerprint density at radius 3 is 2.40 bits per heavy atom. The largest absolute Gasteiger partial charge is 0.350 e. The number of nitrogens with zero attached hydrogens (tertiary/aromatic N) is 1. The number of sulfonamides is 1. The summed E-state index contributed by atoms with van der Waals surface area (Å²) in [5.41, 5.74) is 1.99. The molecule has 1 aromatic rings. The predicted octanol–water partition coefficient (Wildman–Crippen LogP) is 4.63. The van der Waals surface area contributed by atoms with Crippen molar-refractivity contribution in [3.63, 3.8) is 0 Å². The SMILES string of the molecule is Cc1ccc(S(=O)(=O)NN=C2CCC[C@@H](C)C2CCC2(C)OCC(C)(C)CO2)cc1. The van der Waals surface area contributed by atoms with E-state index in [1.54, 1.807) is 24.3 Å². The van der Waals surface area contributed by atoms with Gasteiger partial charge in [0.05, 0.1) is 18.1 Å². The summed E-state index contributed by atoms with van der Waals surface area (Å²) in [6.07, 6.45) is 4.60. The molecule has 7 heteroatoms. The molecular formula is C23H36N2O4S. The van der Waals surface area contributed by atoms with Crippen LogP contribution in [0.5, 0.6) is 0 Å². The standard InChI is InChI=1S/C23H36N2O4S/c1-17-9-11-19(12-10-17)30(26,27)25-24-21-8-6-7-18(2)20(21)13-14-23(5)28-15-22(3,4)16-29-23/h9-12,18,20,25H,6-8,13-16H2,1-5H3/t18-,20?/m1/s1. The van der Waals surface area contributed by atoms with Crippen LogP contribution in [0.2, 0.25) is 0 Å². The molecule has 1 N–H and O–H groups in total. The van der Waals surface area contributed by atoms with Crippen molar-refractivity contribution in [2.75, 3.05) is 13.2 Å². The lowest BCUT2D eigenvalue weighted by Gasteiger charge is -2.42. The van der Waals surface area contributed by atoms with E-state index in [9.17, 15) is 8.42 Å². The molecule has 0 radical (unpaired) electrons. The maximum Gasteiger partial charge on any atom is 0.276 e. The highest BCUT2D eigenvalue weighted by atomic mass is 32.2. The monoisotopic (exact) mass is 436 g/mol. The van der Waals surface area contributed by atoms with Gasteiger partial charge in [-0.2, -0.15) is 13.5 Å². The summed E-state index contributed by atoms with van der Waals surface area (Å²) in [6.45, 7) is 11.8. The zero-order valence-corrected chi connectivity index (χ0v) is 19.7. The smallest absolute Gasteiger partial charge is 0.276 e. The van der Waals surface area contributed by atoms with Gasteiger partial charge in [-0.25, -0.2) is 4.83 Å². The Hall–Kier alpha value is -1.44. The Labute approximate surface area is 181 Å². The molecule has 1 saturated heterocycles. The minimum Gasteiger partial charge on any atom is -0.350 e. The molecule has 1 aliphatic heterocycles. The number of hydrogen-bond acceptors (Lipinski definition) is 5. The first-order valence-corrected chi connectivity index (χ1v) is 12.4. The molecule has 1 aromatic carbocycles. The predicted molar refractivity (Wildman–Crippen MR) is 119 cm³/mol. The lowest BCUT2D eigenvalue weighted by molar-refractivity contribution is -0.292. The Morgan fingerprint density at radius 1 is 1.13 bits per heavy atom. The van der Waals surface area contributed by atoms with Gasteiger partial charge in [0.15, 0.2) is 5.79 Å². The summed E-state index contributed by atoms with van der Waals surface area (Å²) in [7, 11) is -3.66. The van der Waals surface area contributed by atoms with E-state index in [4.69, 9.17) is 9.47 Å². The maximum atomic E-state index is 12.6. The molecule has 2 fully saturated rings. The highest BCUT2D eigenvalue weighted by Crippen LogP contribution is 2.37. The van der Waals surface area contributed by atoms with Crippen molar-refractivity contribution in [3.8, 4) is 0 Å². The molecule has 2 aliphatic rings. The van der Waals surface area contributed by atoms with Crippen molar-refractivity contribution in [2.24, 2.45) is 22.4 Å². The highest BCUT2D eigenvalue weighted by molar-refractivity contribution is 7.89. The summed E-state index contributed by atoms with van der Waals surface area (Å²) in [6, 6.07) is 6.80. The normalized spacial score (nSPS) is 27.7. The zero-order valence-electron chi connectivity index (χ0n) is 18.9. The molecule has 1 unspecified atom stereocenters. The van der Waals surface area contributed by atoms with Crippen molar-refractivity contribution in [3.05, 3.63) is 29.8 Å². The second-order valence-corrected chi connectivity index (χ2v) is 11.6. The van der Waals surface area contributed by atoms with Gasteiger partial charge in [-0.05, 0) is 57.6 Å². The molecule has 1 aliphatic carbocycles. The van der Waals surface area contributed by atoms with Gasteiger partial charge in [-0.3, -0.25) is 0 Å². The first-order valence-electron chi connectivity index (χ1n) is 10.9. The van der Waals surface area contributed by atoms with Gasteiger partial charge in [0.25, 0.3) is 10.0 Å². The second-order valence-electron chi connectivity index (χ2n) is 9.90. The second kappa shape index (κ2) is 8.97. The van der Waals surface area contributed by atoms with E-state index in [1.807, 2.05) is 13.8 Å². The van der Waals surface area contributed by atoms with Crippen LogP contribution >= 0.6 is 0 Å². The Kier molecular flexibility index (Phi) is 6.94. The fourth-order valence-electron chi connectivity index (χ4n) is 4.14. The first kappa shape index (κ1) is 23.2. The minimum atomic E-state index is -3.66. The number of hydrogen-bond donors (Lipinski definition) is 1. The highest BCUT2D eigenvalue weighted by Gasteiger charge is 2.38. The van der Waals surface area contributed by atoms with Crippen LogP contribution in [0.3, 0.4) is 0 Å².